The van der Waals surface area contributed by atoms with Crippen LogP contribution in [-0.2, 0) is 23.8 Å². The van der Waals surface area contributed by atoms with Crippen molar-refractivity contribution in [3.63, 3.8) is 0 Å². The lowest BCUT2D eigenvalue weighted by molar-refractivity contribution is -0.305. The fraction of sp³-hybridized carbons (Fsp3) is 0.867. The monoisotopic (exact) mass is 1010 g/mol. The fourth-order valence-corrected chi connectivity index (χ4v) is 9.29. The molecule has 0 bridgehead atoms. The maximum absolute atomic E-state index is 13.4. The summed E-state index contributed by atoms with van der Waals surface area (Å²) < 4.78 is 17.6. The van der Waals surface area contributed by atoms with E-state index in [4.69, 9.17) is 14.2 Å². The van der Waals surface area contributed by atoms with Crippen LogP contribution in [0.15, 0.2) is 36.5 Å². The molecule has 6 N–H and O–H groups in total. The number of hydrogen-bond donors (Lipinski definition) is 6. The molecule has 0 aromatic carbocycles. The average Bonchev–Trinajstić information content (AvgIpc) is 3.37. The summed E-state index contributed by atoms with van der Waals surface area (Å²) >= 11 is 0. The molecule has 8 atom stereocenters. The number of carbonyl (C=O) groups excluding carboxylic acids is 2. The van der Waals surface area contributed by atoms with Crippen LogP contribution in [0.4, 0.5) is 0 Å². The molecule has 0 aromatic heterocycles. The van der Waals surface area contributed by atoms with Gasteiger partial charge >= 0.3 is 5.97 Å². The van der Waals surface area contributed by atoms with E-state index in [2.05, 4.69) is 50.4 Å². The van der Waals surface area contributed by atoms with Crippen molar-refractivity contribution < 1.29 is 49.3 Å². The standard InChI is InChI=1S/C60H111NO10/c1-4-7-10-13-16-19-22-25-27-30-33-36-39-42-45-48-55(65)71-58-57(67)56(66)54(49-62)70-60(58)69-50-51(52(63)46-43-40-37-34-31-28-24-21-18-15-12-9-6-3)61-59(68)53(64)47-44-41-38-35-32-29-26-23-20-17-14-11-8-5-2/h17,20,23,26,43,46,51-54,56-58,60,62-64,66-67H,4-16,18-19,21-22,24-25,27-42,44-45,47-50H2,1-3H3,(H,61,68)/b20-17+,26-23+,46-43+. The van der Waals surface area contributed by atoms with Crippen LogP contribution in [0.2, 0.25) is 0 Å². The van der Waals surface area contributed by atoms with Crippen molar-refractivity contribution in [1.29, 1.82) is 0 Å². The molecular weight excluding hydrogens is 895 g/mol. The van der Waals surface area contributed by atoms with Crippen LogP contribution < -0.4 is 5.32 Å². The van der Waals surface area contributed by atoms with E-state index < -0.39 is 67.4 Å². The Hall–Kier alpha value is -2.12. The zero-order valence-electron chi connectivity index (χ0n) is 45.9. The van der Waals surface area contributed by atoms with Crippen molar-refractivity contribution in [2.45, 2.75) is 320 Å². The molecule has 0 aromatic rings. The Morgan fingerprint density at radius 2 is 0.958 bits per heavy atom. The van der Waals surface area contributed by atoms with Crippen LogP contribution in [-0.4, -0.2) is 99.6 Å². The smallest absolute Gasteiger partial charge is 0.306 e. The lowest BCUT2D eigenvalue weighted by Crippen LogP contribution is -2.61. The number of ether oxygens (including phenoxy) is 3. The third-order valence-corrected chi connectivity index (χ3v) is 14.1. The van der Waals surface area contributed by atoms with Gasteiger partial charge in [0, 0.05) is 6.42 Å². The maximum Gasteiger partial charge on any atom is 0.306 e. The number of aliphatic hydroxyl groups is 5. The number of hydrogen-bond acceptors (Lipinski definition) is 10. The van der Waals surface area contributed by atoms with Gasteiger partial charge in [0.05, 0.1) is 25.4 Å². The second-order valence-electron chi connectivity index (χ2n) is 20.8. The quantitative estimate of drug-likeness (QED) is 0.0149. The molecule has 11 heteroatoms. The van der Waals surface area contributed by atoms with E-state index in [1.165, 1.54) is 148 Å². The number of esters is 1. The Bertz CT molecular complexity index is 1290. The number of carbonyl (C=O) groups is 2. The molecule has 0 radical (unpaired) electrons. The molecule has 1 rings (SSSR count). The zero-order valence-corrected chi connectivity index (χ0v) is 45.9. The van der Waals surface area contributed by atoms with E-state index in [0.717, 1.165) is 77.0 Å². The van der Waals surface area contributed by atoms with E-state index in [0.29, 0.717) is 12.8 Å². The molecule has 1 saturated heterocycles. The van der Waals surface area contributed by atoms with Gasteiger partial charge in [0.15, 0.2) is 12.4 Å². The summed E-state index contributed by atoms with van der Waals surface area (Å²) in [5.74, 6) is -1.20. The third-order valence-electron chi connectivity index (χ3n) is 14.1. The maximum atomic E-state index is 13.4. The summed E-state index contributed by atoms with van der Waals surface area (Å²) in [6.07, 6.45) is 46.1. The summed E-state index contributed by atoms with van der Waals surface area (Å²) in [5.41, 5.74) is 0. The number of allylic oxidation sites excluding steroid dienone is 5. The first kappa shape index (κ1) is 66.9. The predicted molar refractivity (Wildman–Crippen MR) is 292 cm³/mol. The molecule has 1 aliphatic heterocycles. The number of amides is 1. The second kappa shape index (κ2) is 48.8. The minimum Gasteiger partial charge on any atom is -0.454 e. The topological polar surface area (TPSA) is 175 Å². The van der Waals surface area contributed by atoms with Gasteiger partial charge in [0.2, 0.25) is 5.91 Å². The van der Waals surface area contributed by atoms with Gasteiger partial charge in [-0.1, -0.05) is 250 Å². The van der Waals surface area contributed by atoms with Crippen molar-refractivity contribution in [3.8, 4) is 0 Å². The lowest BCUT2D eigenvalue weighted by atomic mass is 9.99. The number of unbranched alkanes of at least 4 members (excludes halogenated alkanes) is 33. The van der Waals surface area contributed by atoms with Gasteiger partial charge in [-0.05, 0) is 51.4 Å². The molecule has 71 heavy (non-hydrogen) atoms. The van der Waals surface area contributed by atoms with Gasteiger partial charge in [0.25, 0.3) is 0 Å². The van der Waals surface area contributed by atoms with E-state index >= 15 is 0 Å². The van der Waals surface area contributed by atoms with Crippen molar-refractivity contribution in [2.24, 2.45) is 0 Å². The van der Waals surface area contributed by atoms with Gasteiger partial charge in [-0.15, -0.1) is 0 Å². The Labute approximate surface area is 434 Å². The summed E-state index contributed by atoms with van der Waals surface area (Å²) in [4.78, 5) is 26.5. The van der Waals surface area contributed by atoms with Crippen LogP contribution in [0.1, 0.15) is 271 Å². The van der Waals surface area contributed by atoms with Gasteiger partial charge in [0.1, 0.15) is 24.4 Å². The molecule has 1 aliphatic rings. The van der Waals surface area contributed by atoms with Crippen LogP contribution in [0.5, 0.6) is 0 Å². The Morgan fingerprint density at radius 1 is 0.549 bits per heavy atom. The van der Waals surface area contributed by atoms with Crippen LogP contribution in [0.25, 0.3) is 0 Å². The molecule has 0 aliphatic carbocycles. The van der Waals surface area contributed by atoms with Crippen LogP contribution >= 0.6 is 0 Å². The number of aliphatic hydroxyl groups excluding tert-OH is 5. The molecule has 1 amide bonds. The molecule has 1 heterocycles. The fourth-order valence-electron chi connectivity index (χ4n) is 9.29. The van der Waals surface area contributed by atoms with Crippen molar-refractivity contribution >= 4 is 11.9 Å². The minimum absolute atomic E-state index is 0.126. The molecule has 11 nitrogen and oxygen atoms in total. The Balaban J connectivity index is 2.73. The SMILES string of the molecule is CCCCC/C=C/C=C/CCCCCCCC(O)C(=O)NC(COC1OC(CO)C(O)C(O)C1OC(=O)CCCCCCCCCCCCCCCCC)C(O)/C=C/CCCCCCCCCCCCC. The first-order valence-corrected chi connectivity index (χ1v) is 29.8. The van der Waals surface area contributed by atoms with Gasteiger partial charge in [-0.2, -0.15) is 0 Å². The highest BCUT2D eigenvalue weighted by Gasteiger charge is 2.47. The summed E-state index contributed by atoms with van der Waals surface area (Å²) in [6.45, 7) is 5.76. The molecule has 1 fully saturated rings. The zero-order chi connectivity index (χ0) is 51.8. The van der Waals surface area contributed by atoms with E-state index in [-0.39, 0.29) is 19.4 Å². The minimum atomic E-state index is -1.61. The number of rotatable bonds is 50. The van der Waals surface area contributed by atoms with Crippen LogP contribution in [0.3, 0.4) is 0 Å². The molecule has 0 spiro atoms. The van der Waals surface area contributed by atoms with Gasteiger partial charge in [-0.3, -0.25) is 9.59 Å². The normalized spacial score (nSPS) is 19.8. The first-order valence-electron chi connectivity index (χ1n) is 29.8. The summed E-state index contributed by atoms with van der Waals surface area (Å²) in [7, 11) is 0. The van der Waals surface area contributed by atoms with E-state index in [1.807, 2.05) is 6.08 Å². The predicted octanol–water partition coefficient (Wildman–Crippen LogP) is 13.5. The van der Waals surface area contributed by atoms with Crippen molar-refractivity contribution in [3.05, 3.63) is 36.5 Å². The van der Waals surface area contributed by atoms with Gasteiger partial charge in [-0.25, -0.2) is 0 Å². The summed E-state index contributed by atoms with van der Waals surface area (Å²) in [5, 5.41) is 56.8. The van der Waals surface area contributed by atoms with Gasteiger partial charge < -0.3 is 45.1 Å². The third kappa shape index (κ3) is 37.3. The highest BCUT2D eigenvalue weighted by atomic mass is 16.7. The molecule has 0 saturated carbocycles. The highest BCUT2D eigenvalue weighted by Crippen LogP contribution is 2.26. The second-order valence-corrected chi connectivity index (χ2v) is 20.8. The molecule has 8 unspecified atom stereocenters. The highest BCUT2D eigenvalue weighted by molar-refractivity contribution is 5.80. The Kier molecular flexibility index (Phi) is 46.0. The largest absolute Gasteiger partial charge is 0.454 e. The summed E-state index contributed by atoms with van der Waals surface area (Å²) in [6, 6.07) is -1.03. The Morgan fingerprint density at radius 3 is 1.44 bits per heavy atom. The molecule has 416 valence electrons. The van der Waals surface area contributed by atoms with Crippen LogP contribution in [0, 0.1) is 0 Å². The lowest BCUT2D eigenvalue weighted by Gasteiger charge is -2.41. The van der Waals surface area contributed by atoms with E-state index in [1.54, 1.807) is 6.08 Å². The first-order chi connectivity index (χ1) is 34.7. The molecular formula is C60H111NO10. The van der Waals surface area contributed by atoms with Crippen molar-refractivity contribution in [2.75, 3.05) is 13.2 Å². The average molecular weight is 1010 g/mol. The van der Waals surface area contributed by atoms with Crippen molar-refractivity contribution in [1.82, 2.24) is 5.32 Å². The number of nitrogens with one attached hydrogen (secondary N) is 1. The van der Waals surface area contributed by atoms with E-state index in [9.17, 15) is 35.1 Å².